The third-order valence-corrected chi connectivity index (χ3v) is 2.87. The van der Waals surface area contributed by atoms with Gasteiger partial charge in [-0.15, -0.1) is 0 Å². The Hall–Kier alpha value is -2.02. The highest BCUT2D eigenvalue weighted by Gasteiger charge is 1.91. The molecule has 18 heavy (non-hydrogen) atoms. The molecular weight excluding hydrogens is 218 g/mol. The summed E-state index contributed by atoms with van der Waals surface area (Å²) in [7, 11) is 0. The van der Waals surface area contributed by atoms with E-state index in [0.717, 1.165) is 13.0 Å². The summed E-state index contributed by atoms with van der Waals surface area (Å²) in [6, 6.07) is 18.9. The number of anilines is 1. The molecule has 0 amide bonds. The molecule has 2 rings (SSSR count). The van der Waals surface area contributed by atoms with Gasteiger partial charge in [0, 0.05) is 12.2 Å². The monoisotopic (exact) mass is 237 g/mol. The lowest BCUT2D eigenvalue weighted by atomic mass is 10.1. The van der Waals surface area contributed by atoms with Gasteiger partial charge in [0.15, 0.2) is 0 Å². The first kappa shape index (κ1) is 12.4. The average Bonchev–Trinajstić information content (AvgIpc) is 2.45. The summed E-state index contributed by atoms with van der Waals surface area (Å²) in [5.41, 5.74) is 3.79. The van der Waals surface area contributed by atoms with Gasteiger partial charge in [0.05, 0.1) is 0 Å². The first-order chi connectivity index (χ1) is 8.88. The van der Waals surface area contributed by atoms with Crippen LogP contribution in [0.3, 0.4) is 0 Å². The van der Waals surface area contributed by atoms with Gasteiger partial charge in [-0.3, -0.25) is 0 Å². The van der Waals surface area contributed by atoms with Gasteiger partial charge in [-0.2, -0.15) is 0 Å². The molecule has 0 aromatic heterocycles. The smallest absolute Gasteiger partial charge is 0.0345 e. The Morgan fingerprint density at radius 3 is 2.61 bits per heavy atom. The minimum absolute atomic E-state index is 0.849. The largest absolute Gasteiger partial charge is 0.382 e. The summed E-state index contributed by atoms with van der Waals surface area (Å²) in [6.45, 7) is 3.02. The van der Waals surface area contributed by atoms with E-state index in [1.807, 2.05) is 6.07 Å². The number of nitrogens with one attached hydrogen (secondary N) is 1. The van der Waals surface area contributed by atoms with Gasteiger partial charge in [0.1, 0.15) is 0 Å². The van der Waals surface area contributed by atoms with Crippen LogP contribution < -0.4 is 5.32 Å². The fourth-order valence-corrected chi connectivity index (χ4v) is 1.84. The molecule has 0 spiro atoms. The van der Waals surface area contributed by atoms with Crippen molar-refractivity contribution in [3.63, 3.8) is 0 Å². The SMILES string of the molecule is CCc1cccc(NCC=Cc2ccccc2)c1. The van der Waals surface area contributed by atoms with E-state index in [0.29, 0.717) is 0 Å². The Kier molecular flexibility index (Phi) is 4.60. The van der Waals surface area contributed by atoms with Crippen molar-refractivity contribution in [1.29, 1.82) is 0 Å². The molecule has 0 aliphatic carbocycles. The highest BCUT2D eigenvalue weighted by Crippen LogP contribution is 2.10. The molecule has 0 aliphatic heterocycles. The van der Waals surface area contributed by atoms with E-state index in [-0.39, 0.29) is 0 Å². The van der Waals surface area contributed by atoms with E-state index >= 15 is 0 Å². The Labute approximate surface area is 109 Å². The molecule has 0 heterocycles. The Morgan fingerprint density at radius 1 is 1.00 bits per heavy atom. The highest BCUT2D eigenvalue weighted by molar-refractivity contribution is 5.51. The van der Waals surface area contributed by atoms with Crippen LogP contribution in [-0.2, 0) is 6.42 Å². The summed E-state index contributed by atoms with van der Waals surface area (Å²) in [6.07, 6.45) is 5.36. The summed E-state index contributed by atoms with van der Waals surface area (Å²) in [5.74, 6) is 0. The Morgan fingerprint density at radius 2 is 1.83 bits per heavy atom. The van der Waals surface area contributed by atoms with Crippen molar-refractivity contribution < 1.29 is 0 Å². The lowest BCUT2D eigenvalue weighted by molar-refractivity contribution is 1.14. The molecule has 0 saturated heterocycles. The van der Waals surface area contributed by atoms with E-state index in [2.05, 4.69) is 72.9 Å². The predicted octanol–water partition coefficient (Wildman–Crippen LogP) is 4.37. The molecule has 0 bridgehead atoms. The normalized spacial score (nSPS) is 10.7. The molecule has 0 radical (unpaired) electrons. The second-order valence-electron chi connectivity index (χ2n) is 4.25. The van der Waals surface area contributed by atoms with Crippen molar-refractivity contribution in [2.75, 3.05) is 11.9 Å². The first-order valence-corrected chi connectivity index (χ1v) is 6.43. The summed E-state index contributed by atoms with van der Waals surface area (Å²) >= 11 is 0. The molecule has 0 saturated carbocycles. The molecular formula is C17H19N. The van der Waals surface area contributed by atoms with Crippen LogP contribution in [0.1, 0.15) is 18.1 Å². The summed E-state index contributed by atoms with van der Waals surface area (Å²) in [4.78, 5) is 0. The van der Waals surface area contributed by atoms with Crippen molar-refractivity contribution in [3.05, 3.63) is 71.8 Å². The molecule has 1 heteroatoms. The first-order valence-electron chi connectivity index (χ1n) is 6.43. The number of aryl methyl sites for hydroxylation is 1. The standard InChI is InChI=1S/C17H19N/c1-2-15-10-6-12-17(14-15)18-13-7-11-16-8-4-3-5-9-16/h3-12,14,18H,2,13H2,1H3. The van der Waals surface area contributed by atoms with Crippen molar-refractivity contribution in [2.45, 2.75) is 13.3 Å². The maximum atomic E-state index is 3.40. The van der Waals surface area contributed by atoms with Crippen LogP contribution in [0.5, 0.6) is 0 Å². The molecule has 0 aliphatic rings. The van der Waals surface area contributed by atoms with E-state index in [9.17, 15) is 0 Å². The highest BCUT2D eigenvalue weighted by atomic mass is 14.8. The van der Waals surface area contributed by atoms with Gasteiger partial charge in [-0.1, -0.05) is 61.5 Å². The Balaban J connectivity index is 1.86. The van der Waals surface area contributed by atoms with Crippen LogP contribution in [0.15, 0.2) is 60.7 Å². The van der Waals surface area contributed by atoms with Gasteiger partial charge < -0.3 is 5.32 Å². The second-order valence-corrected chi connectivity index (χ2v) is 4.25. The van der Waals surface area contributed by atoms with E-state index in [1.165, 1.54) is 16.8 Å². The van der Waals surface area contributed by atoms with Crippen LogP contribution in [0, 0.1) is 0 Å². The van der Waals surface area contributed by atoms with Crippen molar-refractivity contribution >= 4 is 11.8 Å². The quantitative estimate of drug-likeness (QED) is 0.814. The van der Waals surface area contributed by atoms with Crippen molar-refractivity contribution in [1.82, 2.24) is 0 Å². The topological polar surface area (TPSA) is 12.0 Å². The molecule has 2 aromatic rings. The lowest BCUT2D eigenvalue weighted by Gasteiger charge is -2.05. The van der Waals surface area contributed by atoms with E-state index in [1.54, 1.807) is 0 Å². The van der Waals surface area contributed by atoms with Crippen LogP contribution >= 0.6 is 0 Å². The number of rotatable bonds is 5. The average molecular weight is 237 g/mol. The molecule has 2 aromatic carbocycles. The zero-order chi connectivity index (χ0) is 12.6. The predicted molar refractivity (Wildman–Crippen MR) is 79.8 cm³/mol. The molecule has 1 N–H and O–H groups in total. The summed E-state index contributed by atoms with van der Waals surface area (Å²) < 4.78 is 0. The fraction of sp³-hybridized carbons (Fsp3) is 0.176. The molecule has 1 nitrogen and oxygen atoms in total. The third kappa shape index (κ3) is 3.77. The van der Waals surface area contributed by atoms with Crippen LogP contribution in [-0.4, -0.2) is 6.54 Å². The Bertz CT molecular complexity index is 500. The van der Waals surface area contributed by atoms with E-state index < -0.39 is 0 Å². The summed E-state index contributed by atoms with van der Waals surface area (Å²) in [5, 5.41) is 3.40. The zero-order valence-electron chi connectivity index (χ0n) is 10.8. The van der Waals surface area contributed by atoms with Gasteiger partial charge >= 0.3 is 0 Å². The molecule has 92 valence electrons. The van der Waals surface area contributed by atoms with Crippen LogP contribution in [0.2, 0.25) is 0 Å². The number of hydrogen-bond acceptors (Lipinski definition) is 1. The minimum atomic E-state index is 0.849. The fourth-order valence-electron chi connectivity index (χ4n) is 1.84. The molecule has 0 fully saturated rings. The van der Waals surface area contributed by atoms with Crippen molar-refractivity contribution in [2.24, 2.45) is 0 Å². The van der Waals surface area contributed by atoms with Crippen LogP contribution in [0.25, 0.3) is 6.08 Å². The third-order valence-electron chi connectivity index (χ3n) is 2.87. The maximum absolute atomic E-state index is 3.40. The minimum Gasteiger partial charge on any atom is -0.382 e. The second kappa shape index (κ2) is 6.65. The molecule has 0 atom stereocenters. The molecule has 0 unspecified atom stereocenters. The van der Waals surface area contributed by atoms with Gasteiger partial charge in [0.25, 0.3) is 0 Å². The van der Waals surface area contributed by atoms with Gasteiger partial charge in [-0.05, 0) is 29.7 Å². The maximum Gasteiger partial charge on any atom is 0.0345 e. The van der Waals surface area contributed by atoms with Gasteiger partial charge in [0.2, 0.25) is 0 Å². The van der Waals surface area contributed by atoms with E-state index in [4.69, 9.17) is 0 Å². The zero-order valence-corrected chi connectivity index (χ0v) is 10.8. The number of hydrogen-bond donors (Lipinski definition) is 1. The van der Waals surface area contributed by atoms with Crippen molar-refractivity contribution in [3.8, 4) is 0 Å². The number of benzene rings is 2. The lowest BCUT2D eigenvalue weighted by Crippen LogP contribution is -1.98. The van der Waals surface area contributed by atoms with Crippen LogP contribution in [0.4, 0.5) is 5.69 Å². The van der Waals surface area contributed by atoms with Gasteiger partial charge in [-0.25, -0.2) is 0 Å².